The van der Waals surface area contributed by atoms with Crippen LogP contribution in [-0.2, 0) is 10.8 Å². The fraction of sp³-hybridized carbons (Fsp3) is 0.500. The van der Waals surface area contributed by atoms with Crippen molar-refractivity contribution in [3.63, 3.8) is 0 Å². The summed E-state index contributed by atoms with van der Waals surface area (Å²) in [4.78, 5) is 11.6. The largest absolute Gasteiger partial charge is 0.466 e. The Bertz CT molecular complexity index is 384. The third kappa shape index (κ3) is 3.51. The number of carbonyl (C=O) groups is 1. The molecule has 1 amide bonds. The Morgan fingerprint density at radius 1 is 1.53 bits per heavy atom. The molecule has 1 N–H and O–H groups in total. The minimum Gasteiger partial charge on any atom is -0.466 e. The molecule has 0 saturated heterocycles. The van der Waals surface area contributed by atoms with Crippen molar-refractivity contribution in [2.24, 2.45) is 0 Å². The second-order valence-electron chi connectivity index (χ2n) is 3.36. The van der Waals surface area contributed by atoms with Crippen LogP contribution in [0.25, 0.3) is 0 Å². The SMILES string of the molecule is Cc1cc(C(=O)NCCS(C)=O)c(C)o1. The van der Waals surface area contributed by atoms with Crippen LogP contribution in [0.15, 0.2) is 10.5 Å². The number of amides is 1. The molecule has 0 spiro atoms. The van der Waals surface area contributed by atoms with Gasteiger partial charge < -0.3 is 9.73 Å². The monoisotopic (exact) mass is 229 g/mol. The van der Waals surface area contributed by atoms with Gasteiger partial charge in [-0.05, 0) is 19.9 Å². The van der Waals surface area contributed by atoms with Gasteiger partial charge in [0, 0.05) is 29.4 Å². The molecule has 0 aliphatic carbocycles. The summed E-state index contributed by atoms with van der Waals surface area (Å²) >= 11 is 0. The minimum absolute atomic E-state index is 0.171. The molecule has 0 bridgehead atoms. The molecule has 1 unspecified atom stereocenters. The first-order valence-corrected chi connectivity index (χ1v) is 6.38. The smallest absolute Gasteiger partial charge is 0.254 e. The molecule has 1 aromatic heterocycles. The summed E-state index contributed by atoms with van der Waals surface area (Å²) in [6, 6.07) is 1.70. The molecule has 15 heavy (non-hydrogen) atoms. The van der Waals surface area contributed by atoms with E-state index in [9.17, 15) is 9.00 Å². The van der Waals surface area contributed by atoms with Crippen LogP contribution in [0.5, 0.6) is 0 Å². The zero-order valence-corrected chi connectivity index (χ0v) is 9.94. The first-order chi connectivity index (χ1) is 7.00. The molecular weight excluding hydrogens is 214 g/mol. The molecule has 1 heterocycles. The van der Waals surface area contributed by atoms with Gasteiger partial charge in [-0.3, -0.25) is 9.00 Å². The highest BCUT2D eigenvalue weighted by Gasteiger charge is 2.12. The van der Waals surface area contributed by atoms with Crippen molar-refractivity contribution in [1.82, 2.24) is 5.32 Å². The number of carbonyl (C=O) groups excluding carboxylic acids is 1. The van der Waals surface area contributed by atoms with Gasteiger partial charge in [-0.2, -0.15) is 0 Å². The summed E-state index contributed by atoms with van der Waals surface area (Å²) in [7, 11) is -0.877. The van der Waals surface area contributed by atoms with E-state index in [-0.39, 0.29) is 5.91 Å². The van der Waals surface area contributed by atoms with E-state index in [0.717, 1.165) is 5.76 Å². The van der Waals surface area contributed by atoms with E-state index in [4.69, 9.17) is 4.42 Å². The molecule has 0 aliphatic heterocycles. The number of hydrogen-bond donors (Lipinski definition) is 1. The van der Waals surface area contributed by atoms with Crippen LogP contribution >= 0.6 is 0 Å². The lowest BCUT2D eigenvalue weighted by atomic mass is 10.2. The fourth-order valence-electron chi connectivity index (χ4n) is 1.26. The topological polar surface area (TPSA) is 59.3 Å². The highest BCUT2D eigenvalue weighted by atomic mass is 32.2. The number of furan rings is 1. The molecule has 1 rings (SSSR count). The van der Waals surface area contributed by atoms with Gasteiger partial charge in [-0.15, -0.1) is 0 Å². The van der Waals surface area contributed by atoms with Crippen LogP contribution in [-0.4, -0.2) is 28.7 Å². The van der Waals surface area contributed by atoms with Gasteiger partial charge in [-0.1, -0.05) is 0 Å². The Balaban J connectivity index is 2.54. The first-order valence-electron chi connectivity index (χ1n) is 4.66. The van der Waals surface area contributed by atoms with E-state index in [1.165, 1.54) is 0 Å². The lowest BCUT2D eigenvalue weighted by Crippen LogP contribution is -2.27. The Morgan fingerprint density at radius 3 is 2.67 bits per heavy atom. The predicted octanol–water partition coefficient (Wildman–Crippen LogP) is 1.00. The minimum atomic E-state index is -0.877. The van der Waals surface area contributed by atoms with Gasteiger partial charge in [0.25, 0.3) is 5.91 Å². The lowest BCUT2D eigenvalue weighted by molar-refractivity contribution is 0.0954. The van der Waals surface area contributed by atoms with Crippen molar-refractivity contribution >= 4 is 16.7 Å². The maximum absolute atomic E-state index is 11.6. The van der Waals surface area contributed by atoms with Gasteiger partial charge in [0.2, 0.25) is 0 Å². The van der Waals surface area contributed by atoms with Crippen LogP contribution in [0.2, 0.25) is 0 Å². The van der Waals surface area contributed by atoms with Crippen molar-refractivity contribution in [1.29, 1.82) is 0 Å². The summed E-state index contributed by atoms with van der Waals surface area (Å²) < 4.78 is 16.0. The summed E-state index contributed by atoms with van der Waals surface area (Å²) in [5, 5.41) is 2.69. The van der Waals surface area contributed by atoms with E-state index < -0.39 is 10.8 Å². The fourth-order valence-corrected chi connectivity index (χ4v) is 1.65. The zero-order valence-electron chi connectivity index (χ0n) is 9.12. The third-order valence-corrected chi connectivity index (χ3v) is 2.74. The summed E-state index contributed by atoms with van der Waals surface area (Å²) in [5.74, 6) is 1.64. The van der Waals surface area contributed by atoms with E-state index in [1.807, 2.05) is 0 Å². The normalized spacial score (nSPS) is 12.5. The first kappa shape index (κ1) is 12.0. The average molecular weight is 229 g/mol. The maximum Gasteiger partial charge on any atom is 0.254 e. The Morgan fingerprint density at radius 2 is 2.20 bits per heavy atom. The van der Waals surface area contributed by atoms with Gasteiger partial charge >= 0.3 is 0 Å². The zero-order chi connectivity index (χ0) is 11.4. The molecule has 0 aliphatic rings. The number of hydrogen-bond acceptors (Lipinski definition) is 3. The van der Waals surface area contributed by atoms with Crippen LogP contribution in [0.3, 0.4) is 0 Å². The molecule has 0 fully saturated rings. The Kier molecular flexibility index (Phi) is 4.08. The van der Waals surface area contributed by atoms with Gasteiger partial charge in [0.05, 0.1) is 5.56 Å². The van der Waals surface area contributed by atoms with Gasteiger partial charge in [0.15, 0.2) is 0 Å². The van der Waals surface area contributed by atoms with E-state index in [1.54, 1.807) is 26.2 Å². The molecule has 0 aromatic carbocycles. The second kappa shape index (κ2) is 5.11. The van der Waals surface area contributed by atoms with Crippen molar-refractivity contribution in [2.45, 2.75) is 13.8 Å². The number of nitrogens with one attached hydrogen (secondary N) is 1. The molecule has 0 saturated carbocycles. The highest BCUT2D eigenvalue weighted by Crippen LogP contribution is 2.12. The quantitative estimate of drug-likeness (QED) is 0.838. The summed E-state index contributed by atoms with van der Waals surface area (Å²) in [5.41, 5.74) is 0.550. The molecule has 0 radical (unpaired) electrons. The third-order valence-electron chi connectivity index (χ3n) is 1.96. The molecular formula is C10H15NO3S. The van der Waals surface area contributed by atoms with Crippen molar-refractivity contribution in [3.8, 4) is 0 Å². The van der Waals surface area contributed by atoms with Crippen LogP contribution in [0.4, 0.5) is 0 Å². The van der Waals surface area contributed by atoms with Crippen LogP contribution in [0, 0.1) is 13.8 Å². The molecule has 4 nitrogen and oxygen atoms in total. The molecule has 84 valence electrons. The highest BCUT2D eigenvalue weighted by molar-refractivity contribution is 7.84. The lowest BCUT2D eigenvalue weighted by Gasteiger charge is -2.01. The average Bonchev–Trinajstić information content (AvgIpc) is 2.44. The standard InChI is InChI=1S/C10H15NO3S/c1-7-6-9(8(2)14-7)10(12)11-4-5-15(3)13/h6H,4-5H2,1-3H3,(H,11,12). The maximum atomic E-state index is 11.6. The van der Waals surface area contributed by atoms with Crippen molar-refractivity contribution < 1.29 is 13.4 Å². The molecule has 1 atom stereocenters. The van der Waals surface area contributed by atoms with E-state index >= 15 is 0 Å². The second-order valence-corrected chi connectivity index (χ2v) is 4.91. The molecule has 5 heteroatoms. The number of rotatable bonds is 4. The van der Waals surface area contributed by atoms with Crippen LogP contribution < -0.4 is 5.32 Å². The Hall–Kier alpha value is -1.10. The van der Waals surface area contributed by atoms with Gasteiger partial charge in [0.1, 0.15) is 11.5 Å². The predicted molar refractivity (Wildman–Crippen MR) is 59.4 cm³/mol. The summed E-state index contributed by atoms with van der Waals surface area (Å²) in [6.45, 7) is 3.97. The van der Waals surface area contributed by atoms with Gasteiger partial charge in [-0.25, -0.2) is 0 Å². The summed E-state index contributed by atoms with van der Waals surface area (Å²) in [6.07, 6.45) is 1.61. The Labute approximate surface area is 91.5 Å². The van der Waals surface area contributed by atoms with Crippen molar-refractivity contribution in [3.05, 3.63) is 23.2 Å². The van der Waals surface area contributed by atoms with Crippen molar-refractivity contribution in [2.75, 3.05) is 18.6 Å². The van der Waals surface area contributed by atoms with Crippen LogP contribution in [0.1, 0.15) is 21.9 Å². The number of aryl methyl sites for hydroxylation is 2. The van der Waals surface area contributed by atoms with E-state index in [2.05, 4.69) is 5.32 Å². The van der Waals surface area contributed by atoms with E-state index in [0.29, 0.717) is 23.6 Å². The molecule has 1 aromatic rings.